The van der Waals surface area contributed by atoms with E-state index in [1.165, 1.54) is 4.68 Å². The Bertz CT molecular complexity index is 868. The summed E-state index contributed by atoms with van der Waals surface area (Å²) in [6, 6.07) is 3.37. The lowest BCUT2D eigenvalue weighted by Gasteiger charge is -2.34. The number of aromatic nitrogens is 3. The Morgan fingerprint density at radius 2 is 1.96 bits per heavy atom. The van der Waals surface area contributed by atoms with Crippen molar-refractivity contribution in [2.24, 2.45) is 0 Å². The molecule has 2 saturated heterocycles. The van der Waals surface area contributed by atoms with Crippen LogP contribution in [-0.2, 0) is 11.3 Å². The number of hydrogen-bond acceptors (Lipinski definition) is 6. The van der Waals surface area contributed by atoms with E-state index < -0.39 is 0 Å². The van der Waals surface area contributed by atoms with Gasteiger partial charge in [-0.2, -0.15) is 5.10 Å². The summed E-state index contributed by atoms with van der Waals surface area (Å²) in [7, 11) is 0. The number of rotatable bonds is 4. The van der Waals surface area contributed by atoms with Gasteiger partial charge in [0.1, 0.15) is 18.0 Å². The Kier molecular flexibility index (Phi) is 4.96. The maximum Gasteiger partial charge on any atom is 0.269 e. The molecule has 2 aromatic rings. The third kappa shape index (κ3) is 3.74. The summed E-state index contributed by atoms with van der Waals surface area (Å²) in [5.74, 6) is 0.627. The smallest absolute Gasteiger partial charge is 0.269 e. The third-order valence-corrected chi connectivity index (χ3v) is 5.42. The predicted octanol–water partition coefficient (Wildman–Crippen LogP) is 1.89. The van der Waals surface area contributed by atoms with Crippen molar-refractivity contribution in [2.45, 2.75) is 51.6 Å². The first-order valence-electron chi connectivity index (χ1n) is 9.66. The van der Waals surface area contributed by atoms with Crippen LogP contribution in [0.15, 0.2) is 27.6 Å². The first kappa shape index (κ1) is 17.8. The van der Waals surface area contributed by atoms with Gasteiger partial charge in [0, 0.05) is 31.8 Å². The molecule has 8 nitrogen and oxygen atoms in total. The summed E-state index contributed by atoms with van der Waals surface area (Å²) >= 11 is 0. The van der Waals surface area contributed by atoms with Gasteiger partial charge in [0.2, 0.25) is 5.91 Å². The second-order valence-electron chi connectivity index (χ2n) is 7.36. The molecule has 0 radical (unpaired) electrons. The van der Waals surface area contributed by atoms with Crippen molar-refractivity contribution in [1.82, 2.24) is 19.8 Å². The molecular formula is C19H25N5O3. The van der Waals surface area contributed by atoms with Gasteiger partial charge >= 0.3 is 0 Å². The number of piperidine rings is 1. The number of nitrogens with zero attached hydrogens (tertiary/aromatic N) is 5. The van der Waals surface area contributed by atoms with Crippen LogP contribution in [0.25, 0.3) is 0 Å². The second-order valence-corrected chi connectivity index (χ2v) is 7.36. The number of likely N-dealkylation sites (tertiary alicyclic amines) is 1. The van der Waals surface area contributed by atoms with E-state index in [9.17, 15) is 9.59 Å². The van der Waals surface area contributed by atoms with Gasteiger partial charge in [-0.1, -0.05) is 5.16 Å². The van der Waals surface area contributed by atoms with Gasteiger partial charge in [-0.15, -0.1) is 0 Å². The zero-order valence-corrected chi connectivity index (χ0v) is 15.6. The van der Waals surface area contributed by atoms with Gasteiger partial charge in [0.25, 0.3) is 5.56 Å². The molecule has 2 fully saturated rings. The molecule has 4 rings (SSSR count). The van der Waals surface area contributed by atoms with Crippen LogP contribution in [-0.4, -0.2) is 45.4 Å². The molecule has 0 saturated carbocycles. The highest BCUT2D eigenvalue weighted by molar-refractivity contribution is 5.76. The van der Waals surface area contributed by atoms with E-state index in [1.54, 1.807) is 12.3 Å². The first-order valence-corrected chi connectivity index (χ1v) is 9.66. The highest BCUT2D eigenvalue weighted by Crippen LogP contribution is 2.30. The molecule has 0 N–H and O–H groups in total. The number of anilines is 1. The van der Waals surface area contributed by atoms with Crippen molar-refractivity contribution >= 4 is 11.6 Å². The summed E-state index contributed by atoms with van der Waals surface area (Å²) in [5.41, 5.74) is 1.39. The van der Waals surface area contributed by atoms with Crippen LogP contribution in [0, 0.1) is 6.92 Å². The van der Waals surface area contributed by atoms with E-state index >= 15 is 0 Å². The number of carbonyl (C=O) groups is 1. The Morgan fingerprint density at radius 1 is 1.19 bits per heavy atom. The SMILES string of the molecule is Cc1cc(C2CCCCN2C(=O)Cn2ncc(N3CCCC3)cc2=O)no1. The highest BCUT2D eigenvalue weighted by atomic mass is 16.5. The molecule has 27 heavy (non-hydrogen) atoms. The summed E-state index contributed by atoms with van der Waals surface area (Å²) in [4.78, 5) is 29.3. The number of carbonyl (C=O) groups excluding carboxylic acids is 1. The number of aryl methyl sites for hydroxylation is 1. The van der Waals surface area contributed by atoms with Crippen LogP contribution in [0.1, 0.15) is 49.6 Å². The zero-order valence-electron chi connectivity index (χ0n) is 15.6. The highest BCUT2D eigenvalue weighted by Gasteiger charge is 2.30. The second kappa shape index (κ2) is 7.54. The van der Waals surface area contributed by atoms with Crippen molar-refractivity contribution in [2.75, 3.05) is 24.5 Å². The van der Waals surface area contributed by atoms with Gasteiger partial charge in [-0.3, -0.25) is 9.59 Å². The third-order valence-electron chi connectivity index (χ3n) is 5.42. The minimum absolute atomic E-state index is 0.0492. The molecule has 0 aromatic carbocycles. The predicted molar refractivity (Wildman–Crippen MR) is 99.5 cm³/mol. The van der Waals surface area contributed by atoms with Crippen molar-refractivity contribution in [3.8, 4) is 0 Å². The largest absolute Gasteiger partial charge is 0.370 e. The molecule has 4 heterocycles. The van der Waals surface area contributed by atoms with Crippen LogP contribution in [0.3, 0.4) is 0 Å². The van der Waals surface area contributed by atoms with Crippen LogP contribution < -0.4 is 10.5 Å². The van der Waals surface area contributed by atoms with Gasteiger partial charge < -0.3 is 14.3 Å². The van der Waals surface area contributed by atoms with E-state index in [0.29, 0.717) is 6.54 Å². The molecule has 0 spiro atoms. The van der Waals surface area contributed by atoms with E-state index in [1.807, 2.05) is 17.9 Å². The van der Waals surface area contributed by atoms with Gasteiger partial charge in [-0.25, -0.2) is 4.68 Å². The Balaban J connectivity index is 1.49. The average Bonchev–Trinajstić information content (AvgIpc) is 3.35. The van der Waals surface area contributed by atoms with Crippen LogP contribution in [0.2, 0.25) is 0 Å². The molecule has 1 atom stereocenters. The minimum Gasteiger partial charge on any atom is -0.370 e. The molecule has 0 bridgehead atoms. The maximum absolute atomic E-state index is 12.9. The standard InChI is InChI=1S/C19H25N5O3/c1-14-10-16(21-27-14)17-6-2-3-9-23(17)19(26)13-24-18(25)11-15(12-20-24)22-7-4-5-8-22/h10-12,17H,2-9,13H2,1H3. The monoisotopic (exact) mass is 371 g/mol. The Morgan fingerprint density at radius 3 is 2.67 bits per heavy atom. The molecule has 1 amide bonds. The van der Waals surface area contributed by atoms with Gasteiger partial charge in [0.05, 0.1) is 17.9 Å². The van der Waals surface area contributed by atoms with Crippen molar-refractivity contribution < 1.29 is 9.32 Å². The Labute approximate surface area is 157 Å². The first-order chi connectivity index (χ1) is 13.1. The van der Waals surface area contributed by atoms with Gasteiger partial charge in [-0.05, 0) is 39.0 Å². The molecule has 8 heteroatoms. The summed E-state index contributed by atoms with van der Waals surface area (Å²) in [5, 5.41) is 8.33. The van der Waals surface area contributed by atoms with E-state index in [-0.39, 0.29) is 24.1 Å². The zero-order chi connectivity index (χ0) is 18.8. The summed E-state index contributed by atoms with van der Waals surface area (Å²) < 4.78 is 6.44. The number of hydrogen-bond donors (Lipinski definition) is 0. The van der Waals surface area contributed by atoms with Crippen molar-refractivity contribution in [3.05, 3.63) is 40.1 Å². The number of amides is 1. The molecule has 2 aliphatic rings. The van der Waals surface area contributed by atoms with Crippen LogP contribution in [0.5, 0.6) is 0 Å². The fourth-order valence-corrected chi connectivity index (χ4v) is 3.99. The molecule has 1 unspecified atom stereocenters. The summed E-state index contributed by atoms with van der Waals surface area (Å²) in [6.45, 7) is 4.37. The topological polar surface area (TPSA) is 84.5 Å². The van der Waals surface area contributed by atoms with Crippen LogP contribution in [0.4, 0.5) is 5.69 Å². The molecule has 2 aliphatic heterocycles. The van der Waals surface area contributed by atoms with E-state index in [0.717, 1.165) is 62.3 Å². The molecule has 2 aromatic heterocycles. The molecular weight excluding hydrogens is 346 g/mol. The fraction of sp³-hybridized carbons (Fsp3) is 0.579. The fourth-order valence-electron chi connectivity index (χ4n) is 3.99. The lowest BCUT2D eigenvalue weighted by atomic mass is 9.99. The molecule has 144 valence electrons. The quantitative estimate of drug-likeness (QED) is 0.816. The minimum atomic E-state index is -0.237. The summed E-state index contributed by atoms with van der Waals surface area (Å²) in [6.07, 6.45) is 6.82. The Hall–Kier alpha value is -2.64. The lowest BCUT2D eigenvalue weighted by molar-refractivity contribution is -0.136. The maximum atomic E-state index is 12.9. The normalized spacial score (nSPS) is 20.3. The van der Waals surface area contributed by atoms with Gasteiger partial charge in [0.15, 0.2) is 0 Å². The average molecular weight is 371 g/mol. The lowest BCUT2D eigenvalue weighted by Crippen LogP contribution is -2.42. The van der Waals surface area contributed by atoms with Crippen LogP contribution >= 0.6 is 0 Å². The van der Waals surface area contributed by atoms with Crippen molar-refractivity contribution in [3.63, 3.8) is 0 Å². The van der Waals surface area contributed by atoms with E-state index in [2.05, 4.69) is 15.2 Å². The van der Waals surface area contributed by atoms with Crippen molar-refractivity contribution in [1.29, 1.82) is 0 Å². The molecule has 0 aliphatic carbocycles. The van der Waals surface area contributed by atoms with E-state index in [4.69, 9.17) is 4.52 Å².